The van der Waals surface area contributed by atoms with E-state index in [2.05, 4.69) is 0 Å². The minimum Gasteiger partial charge on any atom is -0.490 e. The summed E-state index contributed by atoms with van der Waals surface area (Å²) in [5.74, 6) is -0.127. The third-order valence-electron chi connectivity index (χ3n) is 3.35. The van der Waals surface area contributed by atoms with Gasteiger partial charge in [0.15, 0.2) is 5.75 Å². The fourth-order valence-electron chi connectivity index (χ4n) is 2.18. The molecule has 0 N–H and O–H groups in total. The van der Waals surface area contributed by atoms with E-state index >= 15 is 0 Å². The number of methoxy groups -OCH3 is 1. The summed E-state index contributed by atoms with van der Waals surface area (Å²) < 4.78 is 43.7. The van der Waals surface area contributed by atoms with Crippen molar-refractivity contribution in [1.82, 2.24) is 4.57 Å². The van der Waals surface area contributed by atoms with Crippen LogP contribution in [-0.4, -0.2) is 16.6 Å². The van der Waals surface area contributed by atoms with Gasteiger partial charge in [0.05, 0.1) is 17.1 Å². The molecular weight excluding hydrogens is 353 g/mol. The molecule has 0 spiro atoms. The Morgan fingerprint density at radius 1 is 1.25 bits per heavy atom. The molecule has 10 heteroatoms. The smallest absolute Gasteiger partial charge is 0.431 e. The summed E-state index contributed by atoms with van der Waals surface area (Å²) in [5.41, 5.74) is -2.83. The van der Waals surface area contributed by atoms with Crippen LogP contribution in [0, 0.1) is 10.1 Å². The number of benzene rings is 1. The van der Waals surface area contributed by atoms with Gasteiger partial charge in [0.25, 0.3) is 5.56 Å². The lowest BCUT2D eigenvalue weighted by atomic mass is 10.1. The summed E-state index contributed by atoms with van der Waals surface area (Å²) in [7, 11) is 2.16. The van der Waals surface area contributed by atoms with Gasteiger partial charge in [-0.05, 0) is 12.1 Å². The van der Waals surface area contributed by atoms with Crippen LogP contribution in [0.4, 0.5) is 18.9 Å². The van der Waals surface area contributed by atoms with Gasteiger partial charge in [0.1, 0.15) is 5.69 Å². The van der Waals surface area contributed by atoms with Crippen molar-refractivity contribution in [3.63, 3.8) is 0 Å². The van der Waals surface area contributed by atoms with E-state index in [1.165, 1.54) is 7.11 Å². The Labute approximate surface area is 138 Å². The van der Waals surface area contributed by atoms with Crippen molar-refractivity contribution in [2.75, 3.05) is 7.11 Å². The SMILES string of the molecule is COc1cc(Cl)c(-c2ccc(C(F)(F)F)n(C)c2=O)cc1[N+](=O)[O-]. The van der Waals surface area contributed by atoms with Crippen molar-refractivity contribution in [3.8, 4) is 16.9 Å². The maximum absolute atomic E-state index is 12.8. The number of nitro benzene ring substituents is 1. The van der Waals surface area contributed by atoms with Gasteiger partial charge in [-0.15, -0.1) is 0 Å². The Morgan fingerprint density at radius 3 is 2.38 bits per heavy atom. The number of aromatic nitrogens is 1. The van der Waals surface area contributed by atoms with Crippen molar-refractivity contribution < 1.29 is 22.8 Å². The van der Waals surface area contributed by atoms with Crippen LogP contribution in [0.15, 0.2) is 29.1 Å². The highest BCUT2D eigenvalue weighted by molar-refractivity contribution is 6.33. The highest BCUT2D eigenvalue weighted by Crippen LogP contribution is 2.37. The second kappa shape index (κ2) is 6.16. The molecule has 0 saturated carbocycles. The molecule has 0 aliphatic rings. The summed E-state index contributed by atoms with van der Waals surface area (Å²) in [6.45, 7) is 0. The molecule has 0 unspecified atom stereocenters. The van der Waals surface area contributed by atoms with Gasteiger partial charge >= 0.3 is 11.9 Å². The predicted octanol–water partition coefficient (Wildman–Crippen LogP) is 3.64. The van der Waals surface area contributed by atoms with Crippen molar-refractivity contribution >= 4 is 17.3 Å². The number of nitrogens with zero attached hydrogens (tertiary/aromatic N) is 2. The monoisotopic (exact) mass is 362 g/mol. The summed E-state index contributed by atoms with van der Waals surface area (Å²) >= 11 is 6.00. The zero-order chi connectivity index (χ0) is 18.2. The summed E-state index contributed by atoms with van der Waals surface area (Å²) in [5, 5.41) is 11.0. The van der Waals surface area contributed by atoms with E-state index in [1.54, 1.807) is 0 Å². The van der Waals surface area contributed by atoms with E-state index in [0.29, 0.717) is 10.6 Å². The minimum atomic E-state index is -4.71. The second-order valence-electron chi connectivity index (χ2n) is 4.76. The van der Waals surface area contributed by atoms with Crippen LogP contribution < -0.4 is 10.3 Å². The van der Waals surface area contributed by atoms with Crippen LogP contribution in [0.1, 0.15) is 5.69 Å². The minimum absolute atomic E-state index is 0.0570. The van der Waals surface area contributed by atoms with E-state index in [1.807, 2.05) is 0 Å². The average molecular weight is 363 g/mol. The summed E-state index contributed by atoms with van der Waals surface area (Å²) in [4.78, 5) is 22.5. The number of nitro groups is 1. The third kappa shape index (κ3) is 3.07. The molecule has 0 aliphatic heterocycles. The van der Waals surface area contributed by atoms with Crippen LogP contribution in [0.5, 0.6) is 5.75 Å². The zero-order valence-corrected chi connectivity index (χ0v) is 13.1. The Bertz CT molecular complexity index is 878. The lowest BCUT2D eigenvalue weighted by Crippen LogP contribution is -2.26. The number of pyridine rings is 1. The molecule has 2 rings (SSSR count). The van der Waals surface area contributed by atoms with E-state index in [0.717, 1.165) is 25.2 Å². The lowest BCUT2D eigenvalue weighted by molar-refractivity contribution is -0.385. The van der Waals surface area contributed by atoms with E-state index < -0.39 is 28.0 Å². The van der Waals surface area contributed by atoms with Gasteiger partial charge in [0, 0.05) is 30.3 Å². The second-order valence-corrected chi connectivity index (χ2v) is 5.16. The first kappa shape index (κ1) is 17.8. The molecule has 0 bridgehead atoms. The van der Waals surface area contributed by atoms with Crippen molar-refractivity contribution in [1.29, 1.82) is 0 Å². The Hall–Kier alpha value is -2.55. The molecule has 0 amide bonds. The zero-order valence-electron chi connectivity index (χ0n) is 12.3. The summed E-state index contributed by atoms with van der Waals surface area (Å²) in [6.07, 6.45) is -4.71. The van der Waals surface area contributed by atoms with Gasteiger partial charge < -0.3 is 9.30 Å². The Kier molecular flexibility index (Phi) is 4.57. The molecule has 0 saturated heterocycles. The highest BCUT2D eigenvalue weighted by Gasteiger charge is 2.34. The maximum Gasteiger partial charge on any atom is 0.431 e. The standard InChI is InChI=1S/C14H10ClF3N2O4/c1-19-12(14(16,17)18)4-3-7(13(19)21)8-5-10(20(22)23)11(24-2)6-9(8)15/h3-6H,1-2H3. The van der Waals surface area contributed by atoms with Crippen molar-refractivity contribution in [2.45, 2.75) is 6.18 Å². The van der Waals surface area contributed by atoms with Crippen molar-refractivity contribution in [2.24, 2.45) is 7.05 Å². The van der Waals surface area contributed by atoms with Gasteiger partial charge in [-0.25, -0.2) is 0 Å². The molecule has 0 fully saturated rings. The van der Waals surface area contributed by atoms with E-state index in [4.69, 9.17) is 16.3 Å². The molecule has 0 aliphatic carbocycles. The lowest BCUT2D eigenvalue weighted by Gasteiger charge is -2.14. The molecule has 1 heterocycles. The van der Waals surface area contributed by atoms with Crippen LogP contribution in [0.3, 0.4) is 0 Å². The van der Waals surface area contributed by atoms with Crippen LogP contribution in [0.25, 0.3) is 11.1 Å². The van der Waals surface area contributed by atoms with Crippen LogP contribution in [0.2, 0.25) is 5.02 Å². The van der Waals surface area contributed by atoms with Gasteiger partial charge in [0.2, 0.25) is 0 Å². The quantitative estimate of drug-likeness (QED) is 0.617. The maximum atomic E-state index is 12.8. The summed E-state index contributed by atoms with van der Waals surface area (Å²) in [6, 6.07) is 3.77. The molecule has 24 heavy (non-hydrogen) atoms. The van der Waals surface area contributed by atoms with E-state index in [9.17, 15) is 28.1 Å². The molecule has 2 aromatic rings. The largest absolute Gasteiger partial charge is 0.490 e. The van der Waals surface area contributed by atoms with E-state index in [-0.39, 0.29) is 21.9 Å². The first-order valence-electron chi connectivity index (χ1n) is 6.37. The number of alkyl halides is 3. The first-order chi connectivity index (χ1) is 11.1. The fraction of sp³-hybridized carbons (Fsp3) is 0.214. The van der Waals surface area contributed by atoms with Crippen molar-refractivity contribution in [3.05, 3.63) is 55.5 Å². The van der Waals surface area contributed by atoms with Gasteiger partial charge in [-0.3, -0.25) is 14.9 Å². The molecule has 1 aromatic heterocycles. The normalized spacial score (nSPS) is 11.4. The van der Waals surface area contributed by atoms with Gasteiger partial charge in [-0.2, -0.15) is 13.2 Å². The molecule has 0 radical (unpaired) electrons. The van der Waals surface area contributed by atoms with Gasteiger partial charge in [-0.1, -0.05) is 11.6 Å². The number of ether oxygens (including phenoxy) is 1. The molecule has 0 atom stereocenters. The number of halogens is 4. The fourth-order valence-corrected chi connectivity index (χ4v) is 2.44. The first-order valence-corrected chi connectivity index (χ1v) is 6.75. The Balaban J connectivity index is 2.74. The van der Waals surface area contributed by atoms with Crippen LogP contribution >= 0.6 is 11.6 Å². The third-order valence-corrected chi connectivity index (χ3v) is 3.66. The highest BCUT2D eigenvalue weighted by atomic mass is 35.5. The molecular formula is C14H10ClF3N2O4. The molecule has 1 aromatic carbocycles. The Morgan fingerprint density at radius 2 is 1.88 bits per heavy atom. The topological polar surface area (TPSA) is 74.4 Å². The average Bonchev–Trinajstić information content (AvgIpc) is 2.48. The molecule has 128 valence electrons. The van der Waals surface area contributed by atoms with Crippen LogP contribution in [-0.2, 0) is 13.2 Å². The molecule has 6 nitrogen and oxygen atoms in total. The number of rotatable bonds is 3. The number of hydrogen-bond acceptors (Lipinski definition) is 4. The predicted molar refractivity (Wildman–Crippen MR) is 80.3 cm³/mol. The number of hydrogen-bond donors (Lipinski definition) is 0.